The fraction of sp³-hybridized carbons (Fsp3) is 0.0556. The van der Waals surface area contributed by atoms with Crippen molar-refractivity contribution in [3.05, 3.63) is 58.1 Å². The lowest BCUT2D eigenvalue weighted by atomic mass is 10.1. The molecule has 0 atom stereocenters. The Kier molecular flexibility index (Phi) is 4.10. The van der Waals surface area contributed by atoms with Gasteiger partial charge in [0.1, 0.15) is 15.5 Å². The van der Waals surface area contributed by atoms with Gasteiger partial charge in [0.25, 0.3) is 5.91 Å². The first-order valence-electron chi connectivity index (χ1n) is 7.71. The van der Waals surface area contributed by atoms with Crippen LogP contribution in [0.3, 0.4) is 0 Å². The minimum absolute atomic E-state index is 0.341. The van der Waals surface area contributed by atoms with E-state index in [4.69, 9.17) is 21.9 Å². The van der Waals surface area contributed by atoms with Crippen molar-refractivity contribution in [1.82, 2.24) is 10.1 Å². The molecule has 0 spiro atoms. The lowest BCUT2D eigenvalue weighted by Gasteiger charge is -2.01. The molecule has 4 rings (SSSR count). The number of carbonyl (C=O) groups excluding carboxylic acids is 1. The van der Waals surface area contributed by atoms with Gasteiger partial charge in [-0.3, -0.25) is 4.79 Å². The standard InChI is InChI=1S/C18H13ClN4O2S/c1-9-8-14(23-25-9)22-17(24)16-15(20)12-6-7-13(21-18(12)26-16)10-2-4-11(19)5-3-10/h2-8H,20H2,1H3,(H,22,23,24). The quantitative estimate of drug-likeness (QED) is 0.531. The summed E-state index contributed by atoms with van der Waals surface area (Å²) in [5.41, 5.74) is 8.28. The average molecular weight is 385 g/mol. The molecule has 1 aromatic carbocycles. The maximum absolute atomic E-state index is 12.5. The molecule has 6 nitrogen and oxygen atoms in total. The highest BCUT2D eigenvalue weighted by Gasteiger charge is 2.19. The van der Waals surface area contributed by atoms with Crippen LogP contribution in [0.5, 0.6) is 0 Å². The average Bonchev–Trinajstić information content (AvgIpc) is 3.18. The number of rotatable bonds is 3. The van der Waals surface area contributed by atoms with Gasteiger partial charge in [0.2, 0.25) is 0 Å². The normalized spacial score (nSPS) is 11.0. The van der Waals surface area contributed by atoms with Gasteiger partial charge in [0.05, 0.1) is 11.4 Å². The van der Waals surface area contributed by atoms with Gasteiger partial charge in [-0.25, -0.2) is 4.98 Å². The number of nitrogens with one attached hydrogen (secondary N) is 1. The molecule has 8 heteroatoms. The first kappa shape index (κ1) is 16.6. The van der Waals surface area contributed by atoms with Gasteiger partial charge in [-0.05, 0) is 31.2 Å². The number of halogens is 1. The highest BCUT2D eigenvalue weighted by atomic mass is 35.5. The van der Waals surface area contributed by atoms with Crippen LogP contribution in [0.4, 0.5) is 11.5 Å². The van der Waals surface area contributed by atoms with Gasteiger partial charge < -0.3 is 15.6 Å². The summed E-state index contributed by atoms with van der Waals surface area (Å²) in [4.78, 5) is 18.2. The Morgan fingerprint density at radius 2 is 2.00 bits per heavy atom. The second kappa shape index (κ2) is 6.44. The summed E-state index contributed by atoms with van der Waals surface area (Å²) in [7, 11) is 0. The van der Waals surface area contributed by atoms with Crippen LogP contribution in [0.2, 0.25) is 5.02 Å². The summed E-state index contributed by atoms with van der Waals surface area (Å²) >= 11 is 7.17. The third kappa shape index (κ3) is 3.02. The molecular formula is C18H13ClN4O2S. The predicted molar refractivity (Wildman–Crippen MR) is 104 cm³/mol. The largest absolute Gasteiger partial charge is 0.397 e. The minimum Gasteiger partial charge on any atom is -0.397 e. The number of amides is 1. The van der Waals surface area contributed by atoms with E-state index in [2.05, 4.69) is 15.5 Å². The summed E-state index contributed by atoms with van der Waals surface area (Å²) in [6.45, 7) is 1.75. The number of pyridine rings is 1. The van der Waals surface area contributed by atoms with Crippen LogP contribution in [-0.4, -0.2) is 16.0 Å². The molecule has 3 aromatic heterocycles. The lowest BCUT2D eigenvalue weighted by molar-refractivity contribution is 0.103. The van der Waals surface area contributed by atoms with Crippen molar-refractivity contribution in [2.24, 2.45) is 0 Å². The third-order valence-electron chi connectivity index (χ3n) is 3.81. The van der Waals surface area contributed by atoms with Crippen molar-refractivity contribution in [1.29, 1.82) is 0 Å². The number of aromatic nitrogens is 2. The molecule has 4 aromatic rings. The number of thiophene rings is 1. The second-order valence-electron chi connectivity index (χ2n) is 5.68. The number of carbonyl (C=O) groups is 1. The zero-order valence-electron chi connectivity index (χ0n) is 13.6. The second-order valence-corrected chi connectivity index (χ2v) is 7.11. The number of hydrogen-bond donors (Lipinski definition) is 2. The third-order valence-corrected chi connectivity index (χ3v) is 5.18. The Labute approximate surface area is 157 Å². The fourth-order valence-electron chi connectivity index (χ4n) is 2.55. The fourth-order valence-corrected chi connectivity index (χ4v) is 3.66. The molecule has 3 heterocycles. The number of nitrogens with two attached hydrogens (primary N) is 1. The topological polar surface area (TPSA) is 94.0 Å². The van der Waals surface area contributed by atoms with Crippen LogP contribution in [-0.2, 0) is 0 Å². The monoisotopic (exact) mass is 384 g/mol. The number of nitrogen functional groups attached to an aromatic ring is 1. The van der Waals surface area contributed by atoms with Crippen LogP contribution in [0.15, 0.2) is 47.0 Å². The van der Waals surface area contributed by atoms with E-state index >= 15 is 0 Å². The molecule has 130 valence electrons. The highest BCUT2D eigenvalue weighted by Crippen LogP contribution is 2.34. The van der Waals surface area contributed by atoms with Crippen molar-refractivity contribution in [3.8, 4) is 11.3 Å². The van der Waals surface area contributed by atoms with Crippen molar-refractivity contribution in [2.45, 2.75) is 6.92 Å². The summed E-state index contributed by atoms with van der Waals surface area (Å²) in [5, 5.41) is 7.84. The number of anilines is 2. The van der Waals surface area contributed by atoms with Gasteiger partial charge in [-0.2, -0.15) is 0 Å². The highest BCUT2D eigenvalue weighted by molar-refractivity contribution is 7.21. The molecule has 0 aliphatic rings. The van der Waals surface area contributed by atoms with Gasteiger partial charge in [-0.1, -0.05) is 28.9 Å². The number of nitrogens with zero attached hydrogens (tertiary/aromatic N) is 2. The van der Waals surface area contributed by atoms with E-state index in [0.717, 1.165) is 16.6 Å². The van der Waals surface area contributed by atoms with Crippen LogP contribution in [0, 0.1) is 6.92 Å². The molecule has 26 heavy (non-hydrogen) atoms. The molecule has 0 saturated carbocycles. The summed E-state index contributed by atoms with van der Waals surface area (Å²) in [5.74, 6) is 0.616. The Morgan fingerprint density at radius 3 is 2.69 bits per heavy atom. The van der Waals surface area contributed by atoms with Gasteiger partial charge in [-0.15, -0.1) is 11.3 Å². The Morgan fingerprint density at radius 1 is 1.23 bits per heavy atom. The molecule has 0 radical (unpaired) electrons. The molecule has 0 aliphatic heterocycles. The Hall–Kier alpha value is -2.90. The van der Waals surface area contributed by atoms with E-state index in [1.165, 1.54) is 11.3 Å². The number of aryl methyl sites for hydroxylation is 1. The lowest BCUT2D eigenvalue weighted by Crippen LogP contribution is -2.12. The van der Waals surface area contributed by atoms with Crippen molar-refractivity contribution in [3.63, 3.8) is 0 Å². The zero-order valence-corrected chi connectivity index (χ0v) is 15.2. The maximum Gasteiger partial charge on any atom is 0.269 e. The maximum atomic E-state index is 12.5. The van der Waals surface area contributed by atoms with Crippen molar-refractivity contribution < 1.29 is 9.32 Å². The molecule has 0 fully saturated rings. The Bertz CT molecular complexity index is 1120. The molecule has 0 bridgehead atoms. The number of benzene rings is 1. The predicted octanol–water partition coefficient (Wildman–Crippen LogP) is 4.75. The smallest absolute Gasteiger partial charge is 0.269 e. The van der Waals surface area contributed by atoms with Gasteiger partial charge in [0, 0.05) is 22.0 Å². The molecule has 0 unspecified atom stereocenters. The minimum atomic E-state index is -0.341. The molecule has 1 amide bonds. The van der Waals surface area contributed by atoms with E-state index < -0.39 is 0 Å². The summed E-state index contributed by atoms with van der Waals surface area (Å²) in [6, 6.07) is 12.8. The molecule has 0 saturated heterocycles. The van der Waals surface area contributed by atoms with Crippen LogP contribution in [0.25, 0.3) is 21.5 Å². The van der Waals surface area contributed by atoms with Crippen molar-refractivity contribution >= 4 is 50.6 Å². The van der Waals surface area contributed by atoms with Crippen molar-refractivity contribution in [2.75, 3.05) is 11.1 Å². The number of fused-ring (bicyclic) bond motifs is 1. The molecular weight excluding hydrogens is 372 g/mol. The first-order chi connectivity index (χ1) is 12.5. The summed E-state index contributed by atoms with van der Waals surface area (Å²) in [6.07, 6.45) is 0. The van der Waals surface area contributed by atoms with E-state index in [0.29, 0.717) is 32.0 Å². The van der Waals surface area contributed by atoms with E-state index in [9.17, 15) is 4.79 Å². The zero-order chi connectivity index (χ0) is 18.3. The summed E-state index contributed by atoms with van der Waals surface area (Å²) < 4.78 is 4.95. The van der Waals surface area contributed by atoms with Crippen LogP contribution < -0.4 is 11.1 Å². The van der Waals surface area contributed by atoms with E-state index in [-0.39, 0.29) is 5.91 Å². The van der Waals surface area contributed by atoms with E-state index in [1.54, 1.807) is 13.0 Å². The molecule has 3 N–H and O–H groups in total. The van der Waals surface area contributed by atoms with Gasteiger partial charge in [0.15, 0.2) is 5.82 Å². The van der Waals surface area contributed by atoms with Crippen LogP contribution in [0.1, 0.15) is 15.4 Å². The van der Waals surface area contributed by atoms with Crippen LogP contribution >= 0.6 is 22.9 Å². The number of hydrogen-bond acceptors (Lipinski definition) is 6. The molecule has 0 aliphatic carbocycles. The SMILES string of the molecule is Cc1cc(NC(=O)c2sc3nc(-c4ccc(Cl)cc4)ccc3c2N)no1. The van der Waals surface area contributed by atoms with Gasteiger partial charge >= 0.3 is 0 Å². The first-order valence-corrected chi connectivity index (χ1v) is 8.90. The Balaban J connectivity index is 1.69. The van der Waals surface area contributed by atoms with E-state index in [1.807, 2.05) is 36.4 Å².